The summed E-state index contributed by atoms with van der Waals surface area (Å²) in [4.78, 5) is 126. The van der Waals surface area contributed by atoms with Crippen LogP contribution in [0.25, 0.3) is 43.4 Å². The number of aldehydes is 1. The number of carbonyl (C=O) groups excluding carboxylic acids is 6. The van der Waals surface area contributed by atoms with Crippen molar-refractivity contribution in [3.05, 3.63) is 113 Å². The molecule has 2 aliphatic heterocycles. The zero-order chi connectivity index (χ0) is 59.6. The molecule has 29 heteroatoms. The maximum absolute atomic E-state index is 13.7. The molecule has 6 N–H and O–H groups in total. The number of benzene rings is 1. The summed E-state index contributed by atoms with van der Waals surface area (Å²) in [6.07, 6.45) is 2.29. The first-order valence-corrected chi connectivity index (χ1v) is 31.0. The maximum Gasteiger partial charge on any atom is 0.414 e. The first-order valence-electron chi connectivity index (χ1n) is 25.8. The Morgan fingerprint density at radius 2 is 1.36 bits per heavy atom. The summed E-state index contributed by atoms with van der Waals surface area (Å²) in [5.41, 5.74) is 4.06. The molecule has 0 fully saturated rings. The van der Waals surface area contributed by atoms with Crippen LogP contribution in [0, 0.1) is 6.92 Å². The highest BCUT2D eigenvalue weighted by atomic mass is 32.1. The Kier molecular flexibility index (Phi) is 22.9. The summed E-state index contributed by atoms with van der Waals surface area (Å²) in [7, 11) is 3.75. The fourth-order valence-electron chi connectivity index (χ4n) is 7.52. The number of fused-ring (bicyclic) bond motifs is 14. The number of carboxylic acid groups (broad SMARTS) is 1. The normalized spacial score (nSPS) is 15.0. The molecule has 7 aromatic heterocycles. The molecule has 434 valence electrons. The number of hydrogen-bond acceptors (Lipinski definition) is 23. The van der Waals surface area contributed by atoms with Gasteiger partial charge in [0, 0.05) is 43.9 Å². The number of nitrogens with zero attached hydrogens (tertiary/aromatic N) is 9. The van der Waals surface area contributed by atoms with E-state index in [0.29, 0.717) is 83.2 Å². The van der Waals surface area contributed by atoms with Gasteiger partial charge in [-0.15, -0.1) is 68.0 Å². The number of rotatable bonds is 8. The SMILES string of the molecule is CC=O.CCC.CCCCN(C(=O)O)C(=O)C1COC(c2csc(-c3ccc4c(n3)-c3csc(n3)-c3csc(n3)C(Cc3ccccc3)NC(=O)CNC(=O)c3csc(n3)CNC(=O)c3nc(sc3C)NC(=O)c3csc-4n3)n2)=N1.CNC. The molecule has 23 nitrogen and oxygen atoms in total. The van der Waals surface area contributed by atoms with Crippen LogP contribution in [0.1, 0.15) is 111 Å². The lowest BCUT2D eigenvalue weighted by atomic mass is 10.1. The second kappa shape index (κ2) is 30.4. The fourth-order valence-corrected chi connectivity index (χ4v) is 12.3. The van der Waals surface area contributed by atoms with Crippen molar-refractivity contribution >= 4 is 121 Å². The van der Waals surface area contributed by atoms with E-state index in [-0.39, 0.29) is 54.4 Å². The van der Waals surface area contributed by atoms with E-state index in [1.54, 1.807) is 29.1 Å². The van der Waals surface area contributed by atoms with Gasteiger partial charge < -0.3 is 35.9 Å². The molecule has 0 radical (unpaired) electrons. The molecule has 83 heavy (non-hydrogen) atoms. The fraction of sp³-hybridized carbons (Fsp3) is 0.315. The van der Waals surface area contributed by atoms with E-state index in [9.17, 15) is 33.9 Å². The number of nitrogens with one attached hydrogen (secondary N) is 5. The number of unbranched alkanes of at least 4 members (excludes halogenated alkanes) is 1. The Morgan fingerprint density at radius 3 is 2.08 bits per heavy atom. The number of aliphatic imine (C=N–C) groups is 1. The van der Waals surface area contributed by atoms with Crippen molar-refractivity contribution in [1.29, 1.82) is 0 Å². The van der Waals surface area contributed by atoms with Crippen LogP contribution in [0.15, 0.2) is 74.4 Å². The molecule has 0 aliphatic carbocycles. The molecular weight excluding hydrogens is 1180 g/mol. The maximum atomic E-state index is 13.7. The minimum atomic E-state index is -1.35. The molecule has 0 spiro atoms. The zero-order valence-corrected chi connectivity index (χ0v) is 50.9. The third-order valence-corrected chi connectivity index (χ3v) is 16.5. The molecule has 2 unspecified atom stereocenters. The van der Waals surface area contributed by atoms with Crippen molar-refractivity contribution in [2.45, 2.75) is 78.9 Å². The van der Waals surface area contributed by atoms with E-state index in [1.165, 1.54) is 70.0 Å². The van der Waals surface area contributed by atoms with Gasteiger partial charge in [0.25, 0.3) is 23.6 Å². The Balaban J connectivity index is 0.00000103. The van der Waals surface area contributed by atoms with Gasteiger partial charge in [-0.05, 0) is 58.5 Å². The Bertz CT molecular complexity index is 3590. The van der Waals surface area contributed by atoms with Crippen LogP contribution in [-0.4, -0.2) is 133 Å². The lowest BCUT2D eigenvalue weighted by molar-refractivity contribution is -0.130. The highest BCUT2D eigenvalue weighted by Gasteiger charge is 2.34. The van der Waals surface area contributed by atoms with Gasteiger partial charge in [0.2, 0.25) is 11.8 Å². The van der Waals surface area contributed by atoms with E-state index >= 15 is 0 Å². The quantitative estimate of drug-likeness (QED) is 0.0773. The molecule has 0 saturated heterocycles. The van der Waals surface area contributed by atoms with E-state index in [2.05, 4.69) is 55.4 Å². The standard InChI is InChI=1S/C47H39N13O8S6.C3H8.C2H7N.C2H4O/c1-3-4-12-60(47(66)67)45(65)27-16-68-40(53-27)31-20-72-42(56-31)25-11-10-24-36(52-25)28-17-71-44(54-28)32-21-73-43(57-32)26(13-23-8-6-5-7-9-23)50-33(61)14-48-37(62)29-18-69-34(51-29)15-49-39(64)35-22(2)74-46(58-35)59-38(63)30-19-70-41(24)55-30;2*1-3-2;1-2-3/h5-11,17-21,26-27H,3-4,12-16H2,1-2H3,(H,48,62)(H,49,64)(H,50,61)(H,66,67)(H,58,59,63);3H2,1-2H3;3H,1-2H3;2H,1H3. The summed E-state index contributed by atoms with van der Waals surface area (Å²) < 4.78 is 5.77. The van der Waals surface area contributed by atoms with Crippen molar-refractivity contribution in [1.82, 2.24) is 61.1 Å². The zero-order valence-electron chi connectivity index (χ0n) is 46.0. The molecule has 8 aromatic rings. The largest absolute Gasteiger partial charge is 0.473 e. The van der Waals surface area contributed by atoms with Crippen LogP contribution in [0.3, 0.4) is 0 Å². The number of aromatic nitrogens is 7. The van der Waals surface area contributed by atoms with Gasteiger partial charge in [0.05, 0.1) is 24.8 Å². The molecule has 1 aromatic carbocycles. The van der Waals surface area contributed by atoms with Crippen molar-refractivity contribution in [3.8, 4) is 43.4 Å². The van der Waals surface area contributed by atoms with E-state index in [4.69, 9.17) is 34.5 Å². The molecule has 0 saturated carbocycles. The van der Waals surface area contributed by atoms with Gasteiger partial charge >= 0.3 is 6.09 Å². The molecule has 6 amide bonds. The average molecular weight is 1240 g/mol. The molecule has 9 heterocycles. The van der Waals surface area contributed by atoms with Gasteiger partial charge in [0.1, 0.15) is 77.8 Å². The highest BCUT2D eigenvalue weighted by Crippen LogP contribution is 2.39. The second-order valence-corrected chi connectivity index (χ2v) is 23.4. The number of anilines is 1. The number of carbonyl (C=O) groups is 7. The first kappa shape index (κ1) is 62.7. The van der Waals surface area contributed by atoms with Crippen LogP contribution in [-0.2, 0) is 32.1 Å². The Hall–Kier alpha value is -7.93. The van der Waals surface area contributed by atoms with Crippen LogP contribution >= 0.6 is 68.0 Å². The van der Waals surface area contributed by atoms with Crippen molar-refractivity contribution in [3.63, 3.8) is 0 Å². The van der Waals surface area contributed by atoms with Gasteiger partial charge in [-0.3, -0.25) is 29.3 Å². The molecule has 2 aliphatic rings. The lowest BCUT2D eigenvalue weighted by Gasteiger charge is -2.18. The molecule has 2 atom stereocenters. The van der Waals surface area contributed by atoms with Gasteiger partial charge in [-0.25, -0.2) is 49.6 Å². The minimum absolute atomic E-state index is 0.00320. The van der Waals surface area contributed by atoms with Gasteiger partial charge in [0.15, 0.2) is 11.2 Å². The van der Waals surface area contributed by atoms with Crippen LogP contribution in [0.4, 0.5) is 9.93 Å². The van der Waals surface area contributed by atoms with Crippen LogP contribution < -0.4 is 26.6 Å². The smallest absolute Gasteiger partial charge is 0.414 e. The van der Waals surface area contributed by atoms with Crippen LogP contribution in [0.5, 0.6) is 0 Å². The summed E-state index contributed by atoms with van der Waals surface area (Å²) in [6.45, 7) is 8.90. The van der Waals surface area contributed by atoms with Gasteiger partial charge in [-0.2, -0.15) is 0 Å². The summed E-state index contributed by atoms with van der Waals surface area (Å²) in [6, 6.07) is 11.6. The Morgan fingerprint density at radius 1 is 0.735 bits per heavy atom. The summed E-state index contributed by atoms with van der Waals surface area (Å²) in [5.74, 6) is -2.63. The number of amides is 6. The van der Waals surface area contributed by atoms with E-state index in [1.807, 2.05) is 68.2 Å². The topological polar surface area (TPSA) is 315 Å². The van der Waals surface area contributed by atoms with E-state index < -0.39 is 47.7 Å². The molecule has 10 rings (SSSR count). The minimum Gasteiger partial charge on any atom is -0.473 e. The first-order chi connectivity index (χ1) is 40.1. The second-order valence-electron chi connectivity index (χ2n) is 17.8. The number of pyridine rings is 1. The lowest BCUT2D eigenvalue weighted by Crippen LogP contribution is -2.42. The van der Waals surface area contributed by atoms with E-state index in [0.717, 1.165) is 28.1 Å². The third kappa shape index (κ3) is 16.4. The number of thiazole rings is 6. The summed E-state index contributed by atoms with van der Waals surface area (Å²) >= 11 is 7.46. The number of hydrogen-bond donors (Lipinski definition) is 6. The van der Waals surface area contributed by atoms with Crippen molar-refractivity contribution in [2.24, 2.45) is 4.99 Å². The summed E-state index contributed by atoms with van der Waals surface area (Å²) in [5, 5.41) is 35.0. The van der Waals surface area contributed by atoms with Crippen molar-refractivity contribution in [2.75, 3.05) is 39.1 Å². The predicted octanol–water partition coefficient (Wildman–Crippen LogP) is 9.03. The monoisotopic (exact) mass is 1240 g/mol. The number of imide groups is 1. The number of ether oxygens (including phenoxy) is 1. The van der Waals surface area contributed by atoms with Crippen molar-refractivity contribution < 1.29 is 43.4 Å². The number of aryl methyl sites for hydroxylation is 1. The molecular formula is C54H58N14O9S6. The Labute approximate surface area is 501 Å². The highest BCUT2D eigenvalue weighted by molar-refractivity contribution is 7.16. The van der Waals surface area contributed by atoms with Gasteiger partial charge in [-0.1, -0.05) is 63.9 Å². The molecule has 10 bridgehead atoms. The van der Waals surface area contributed by atoms with Crippen LogP contribution in [0.2, 0.25) is 0 Å². The third-order valence-electron chi connectivity index (χ3n) is 11.2. The predicted molar refractivity (Wildman–Crippen MR) is 324 cm³/mol. The average Bonchev–Trinajstić information content (AvgIpc) is 4.56.